The monoisotopic (exact) mass is 304 g/mol. The summed E-state index contributed by atoms with van der Waals surface area (Å²) in [6.07, 6.45) is 4.31. The molecule has 1 unspecified atom stereocenters. The SMILES string of the molecule is O=S(=O)(c1ccc(Cl)nc1)N1CCCC1CCCO. The van der Waals surface area contributed by atoms with Crippen molar-refractivity contribution in [3.8, 4) is 0 Å². The Morgan fingerprint density at radius 3 is 2.89 bits per heavy atom. The Labute approximate surface area is 118 Å². The van der Waals surface area contributed by atoms with Crippen molar-refractivity contribution in [3.63, 3.8) is 0 Å². The second-order valence-electron chi connectivity index (χ2n) is 4.59. The summed E-state index contributed by atoms with van der Waals surface area (Å²) in [5.41, 5.74) is 0. The molecule has 2 rings (SSSR count). The average Bonchev–Trinajstić information content (AvgIpc) is 2.86. The maximum absolute atomic E-state index is 12.5. The number of hydrogen-bond donors (Lipinski definition) is 1. The highest BCUT2D eigenvalue weighted by atomic mass is 35.5. The predicted octanol–water partition coefficient (Wildman–Crippen LogP) is 1.66. The molecule has 1 atom stereocenters. The number of hydrogen-bond acceptors (Lipinski definition) is 4. The van der Waals surface area contributed by atoms with Gasteiger partial charge in [-0.05, 0) is 37.8 Å². The highest BCUT2D eigenvalue weighted by Crippen LogP contribution is 2.28. The minimum absolute atomic E-state index is 0.0205. The zero-order valence-electron chi connectivity index (χ0n) is 10.5. The lowest BCUT2D eigenvalue weighted by molar-refractivity contribution is 0.264. The molecule has 0 aliphatic carbocycles. The summed E-state index contributed by atoms with van der Waals surface area (Å²) in [5, 5.41) is 9.15. The fourth-order valence-electron chi connectivity index (χ4n) is 2.39. The van der Waals surface area contributed by atoms with Gasteiger partial charge in [0.1, 0.15) is 10.0 Å². The first-order chi connectivity index (χ1) is 9.05. The molecule has 1 aromatic rings. The van der Waals surface area contributed by atoms with Crippen LogP contribution in [0.5, 0.6) is 0 Å². The molecule has 0 bridgehead atoms. The van der Waals surface area contributed by atoms with Gasteiger partial charge in [-0.15, -0.1) is 0 Å². The van der Waals surface area contributed by atoms with Gasteiger partial charge in [-0.1, -0.05) is 11.6 Å². The Morgan fingerprint density at radius 1 is 1.47 bits per heavy atom. The van der Waals surface area contributed by atoms with Crippen molar-refractivity contribution in [1.82, 2.24) is 9.29 Å². The fraction of sp³-hybridized carbons (Fsp3) is 0.583. The van der Waals surface area contributed by atoms with Crippen LogP contribution in [0.3, 0.4) is 0 Å². The van der Waals surface area contributed by atoms with E-state index in [1.54, 1.807) is 0 Å². The van der Waals surface area contributed by atoms with Crippen molar-refractivity contribution < 1.29 is 13.5 Å². The van der Waals surface area contributed by atoms with E-state index in [9.17, 15) is 8.42 Å². The Hall–Kier alpha value is -0.690. The Bertz CT molecular complexity index is 518. The number of pyridine rings is 1. The summed E-state index contributed by atoms with van der Waals surface area (Å²) in [6.45, 7) is 0.619. The molecule has 1 aromatic heterocycles. The van der Waals surface area contributed by atoms with Crippen LogP contribution in [0.15, 0.2) is 23.2 Å². The molecule has 0 radical (unpaired) electrons. The van der Waals surface area contributed by atoms with Crippen molar-refractivity contribution >= 4 is 21.6 Å². The van der Waals surface area contributed by atoms with Gasteiger partial charge < -0.3 is 5.11 Å². The van der Waals surface area contributed by atoms with Gasteiger partial charge in [0.05, 0.1) is 0 Å². The first kappa shape index (κ1) is 14.7. The molecule has 1 N–H and O–H groups in total. The van der Waals surface area contributed by atoms with Crippen molar-refractivity contribution in [2.45, 2.75) is 36.6 Å². The molecule has 7 heteroatoms. The molecule has 1 aliphatic heterocycles. The smallest absolute Gasteiger partial charge is 0.244 e. The van der Waals surface area contributed by atoms with Gasteiger partial charge in [0, 0.05) is 25.4 Å². The van der Waals surface area contributed by atoms with Gasteiger partial charge in [0.25, 0.3) is 0 Å². The highest BCUT2D eigenvalue weighted by Gasteiger charge is 2.34. The topological polar surface area (TPSA) is 70.5 Å². The molecule has 0 amide bonds. The van der Waals surface area contributed by atoms with Crippen molar-refractivity contribution in [3.05, 3.63) is 23.5 Å². The summed E-state index contributed by atoms with van der Waals surface area (Å²) >= 11 is 5.67. The van der Waals surface area contributed by atoms with Crippen LogP contribution in [-0.2, 0) is 10.0 Å². The van der Waals surface area contributed by atoms with E-state index in [0.29, 0.717) is 19.4 Å². The summed E-state index contributed by atoms with van der Waals surface area (Å²) in [7, 11) is -3.50. The number of sulfonamides is 1. The molecule has 5 nitrogen and oxygen atoms in total. The Balaban J connectivity index is 2.21. The lowest BCUT2D eigenvalue weighted by Crippen LogP contribution is -2.35. The zero-order valence-corrected chi connectivity index (χ0v) is 12.1. The number of aliphatic hydroxyl groups excluding tert-OH is 1. The van der Waals surface area contributed by atoms with Gasteiger partial charge in [0.15, 0.2) is 0 Å². The third-order valence-electron chi connectivity index (χ3n) is 3.33. The second-order valence-corrected chi connectivity index (χ2v) is 6.87. The molecule has 1 fully saturated rings. The number of aromatic nitrogens is 1. The number of nitrogens with zero attached hydrogens (tertiary/aromatic N) is 2. The van der Waals surface area contributed by atoms with Gasteiger partial charge in [-0.3, -0.25) is 0 Å². The van der Waals surface area contributed by atoms with Crippen molar-refractivity contribution in [1.29, 1.82) is 0 Å². The van der Waals surface area contributed by atoms with E-state index < -0.39 is 10.0 Å². The standard InChI is InChI=1S/C12H17ClN2O3S/c13-12-6-5-11(9-14-12)19(17,18)15-7-1-3-10(15)4-2-8-16/h5-6,9-10,16H,1-4,7-8H2. The van der Waals surface area contributed by atoms with Crippen molar-refractivity contribution in [2.75, 3.05) is 13.2 Å². The van der Waals surface area contributed by atoms with Crippen LogP contribution >= 0.6 is 11.6 Å². The van der Waals surface area contributed by atoms with E-state index in [-0.39, 0.29) is 22.7 Å². The largest absolute Gasteiger partial charge is 0.396 e. The van der Waals surface area contributed by atoms with Gasteiger partial charge in [-0.2, -0.15) is 4.31 Å². The highest BCUT2D eigenvalue weighted by molar-refractivity contribution is 7.89. The fourth-order valence-corrected chi connectivity index (χ4v) is 4.17. The van der Waals surface area contributed by atoms with Crippen LogP contribution in [-0.4, -0.2) is 42.0 Å². The van der Waals surface area contributed by atoms with Crippen LogP contribution in [0, 0.1) is 0 Å². The second kappa shape index (κ2) is 6.17. The van der Waals surface area contributed by atoms with Gasteiger partial charge >= 0.3 is 0 Å². The predicted molar refractivity (Wildman–Crippen MR) is 72.5 cm³/mol. The molecule has 0 spiro atoms. The summed E-state index contributed by atoms with van der Waals surface area (Å²) in [5.74, 6) is 0. The average molecular weight is 305 g/mol. The molecule has 1 aliphatic rings. The molecular weight excluding hydrogens is 288 g/mol. The van der Waals surface area contributed by atoms with Crippen LogP contribution < -0.4 is 0 Å². The Morgan fingerprint density at radius 2 is 2.26 bits per heavy atom. The first-order valence-corrected chi connectivity index (χ1v) is 8.12. The number of halogens is 1. The van der Waals surface area contributed by atoms with Crippen LogP contribution in [0.25, 0.3) is 0 Å². The lowest BCUT2D eigenvalue weighted by atomic mass is 10.1. The molecule has 19 heavy (non-hydrogen) atoms. The van der Waals surface area contributed by atoms with E-state index in [1.165, 1.54) is 22.6 Å². The van der Waals surface area contributed by atoms with Gasteiger partial charge in [-0.25, -0.2) is 13.4 Å². The normalized spacial score (nSPS) is 20.8. The Kier molecular flexibility index (Phi) is 4.78. The molecule has 0 saturated carbocycles. The minimum Gasteiger partial charge on any atom is -0.396 e. The molecule has 1 saturated heterocycles. The summed E-state index contributed by atoms with van der Waals surface area (Å²) in [4.78, 5) is 4.00. The maximum atomic E-state index is 12.5. The molecule has 2 heterocycles. The van der Waals surface area contributed by atoms with E-state index in [0.717, 1.165) is 12.8 Å². The third-order valence-corrected chi connectivity index (χ3v) is 5.48. The van der Waals surface area contributed by atoms with Gasteiger partial charge in [0.2, 0.25) is 10.0 Å². The maximum Gasteiger partial charge on any atom is 0.244 e. The molecule has 106 valence electrons. The first-order valence-electron chi connectivity index (χ1n) is 6.30. The lowest BCUT2D eigenvalue weighted by Gasteiger charge is -2.23. The summed E-state index contributed by atoms with van der Waals surface area (Å²) in [6, 6.07) is 2.94. The van der Waals surface area contributed by atoms with Crippen molar-refractivity contribution in [2.24, 2.45) is 0 Å². The van der Waals surface area contributed by atoms with Crippen LogP contribution in [0.1, 0.15) is 25.7 Å². The number of rotatable bonds is 5. The van der Waals surface area contributed by atoms with E-state index >= 15 is 0 Å². The van der Waals surface area contributed by atoms with E-state index in [2.05, 4.69) is 4.98 Å². The minimum atomic E-state index is -3.50. The number of aliphatic hydroxyl groups is 1. The summed E-state index contributed by atoms with van der Waals surface area (Å²) < 4.78 is 26.5. The van der Waals surface area contributed by atoms with E-state index in [1.807, 2.05) is 0 Å². The quantitative estimate of drug-likeness (QED) is 0.840. The molecule has 0 aromatic carbocycles. The van der Waals surface area contributed by atoms with E-state index in [4.69, 9.17) is 16.7 Å². The van der Waals surface area contributed by atoms with Crippen LogP contribution in [0.2, 0.25) is 5.15 Å². The van der Waals surface area contributed by atoms with Crippen LogP contribution in [0.4, 0.5) is 0 Å². The zero-order chi connectivity index (χ0) is 13.9. The molecular formula is C12H17ClN2O3S. The third kappa shape index (κ3) is 3.25.